The van der Waals surface area contributed by atoms with Gasteiger partial charge in [-0.1, -0.05) is 57.9 Å². The fraction of sp³-hybridized carbons (Fsp3) is 0.321. The minimum absolute atomic E-state index is 0.0739. The van der Waals surface area contributed by atoms with E-state index in [-0.39, 0.29) is 18.1 Å². The second-order valence-electron chi connectivity index (χ2n) is 9.22. The van der Waals surface area contributed by atoms with Crippen LogP contribution >= 0.6 is 23.2 Å². The van der Waals surface area contributed by atoms with Crippen molar-refractivity contribution in [3.63, 3.8) is 0 Å². The Morgan fingerprint density at radius 2 is 1.83 bits per heavy atom. The zero-order valence-electron chi connectivity index (χ0n) is 20.2. The zero-order valence-corrected chi connectivity index (χ0v) is 22.6. The lowest BCUT2D eigenvalue weighted by molar-refractivity contribution is -0.115. The van der Waals surface area contributed by atoms with E-state index in [4.69, 9.17) is 27.9 Å². The Hall–Kier alpha value is -2.59. The van der Waals surface area contributed by atoms with E-state index in [0.29, 0.717) is 39.9 Å². The Labute approximate surface area is 221 Å². The van der Waals surface area contributed by atoms with E-state index in [1.165, 1.54) is 12.1 Å². The van der Waals surface area contributed by atoms with Gasteiger partial charge in [-0.25, -0.2) is 4.39 Å². The summed E-state index contributed by atoms with van der Waals surface area (Å²) in [6, 6.07) is 11.6. The normalized spacial score (nSPS) is 17.2. The van der Waals surface area contributed by atoms with Gasteiger partial charge >= 0.3 is 0 Å². The van der Waals surface area contributed by atoms with E-state index < -0.39 is 21.4 Å². The minimum atomic E-state index is -2.36. The molecule has 1 saturated carbocycles. The second-order valence-corrected chi connectivity index (χ2v) is 13.4. The topological polar surface area (TPSA) is 55.4 Å². The maximum Gasteiger partial charge on any atom is 0.228 e. The summed E-state index contributed by atoms with van der Waals surface area (Å²) in [5, 5.41) is 3.49. The van der Waals surface area contributed by atoms with Crippen LogP contribution in [0.4, 0.5) is 10.1 Å². The molecule has 1 fully saturated rings. The van der Waals surface area contributed by atoms with Gasteiger partial charge in [0.2, 0.25) is 5.91 Å². The number of hydrogen-bond acceptors (Lipinski definition) is 3. The smallest absolute Gasteiger partial charge is 0.228 e. The highest BCUT2D eigenvalue weighted by Crippen LogP contribution is 2.44. The number of carbonyl (C=O) groups excluding carboxylic acids is 1. The number of amides is 1. The molecule has 1 amide bonds. The molecule has 0 atom stereocenters. The summed E-state index contributed by atoms with van der Waals surface area (Å²) in [6.45, 7) is 1.90. The Morgan fingerprint density at radius 3 is 2.44 bits per heavy atom. The molecular formula is C28H28Cl2FNO3S. The van der Waals surface area contributed by atoms with E-state index in [0.717, 1.165) is 23.3 Å². The van der Waals surface area contributed by atoms with Crippen molar-refractivity contribution in [1.29, 1.82) is 0 Å². The summed E-state index contributed by atoms with van der Waals surface area (Å²) in [6.07, 6.45) is 6.63. The quantitative estimate of drug-likeness (QED) is 0.287. The second kappa shape index (κ2) is 10.8. The predicted molar refractivity (Wildman–Crippen MR) is 145 cm³/mol. The average molecular weight is 549 g/mol. The maximum atomic E-state index is 15.0. The molecule has 1 N–H and O–H groups in total. The summed E-state index contributed by atoms with van der Waals surface area (Å²) < 4.78 is 33.8. The Balaban J connectivity index is 1.46. The standard InChI is InChI=1S/C28H28Cl2FNO3S/c1-3-36(2,34)22-10-6-19(7-11-22)16-27(33)32-21-9-13-26(25(31)18-21)35-28(14-4-5-15-28)23-12-8-20(29)17-24(23)30/h6-7,9-11,13,17-18,36H,3-5,14-16H2,1-2H3,(H,32,33). The van der Waals surface area contributed by atoms with Crippen molar-refractivity contribution in [2.24, 2.45) is 0 Å². The van der Waals surface area contributed by atoms with E-state index in [9.17, 15) is 9.00 Å². The molecule has 36 heavy (non-hydrogen) atoms. The summed E-state index contributed by atoms with van der Waals surface area (Å²) in [7, 11) is -2.36. The molecule has 0 aliphatic heterocycles. The van der Waals surface area contributed by atoms with Crippen LogP contribution in [-0.2, 0) is 21.1 Å². The Morgan fingerprint density at radius 1 is 1.14 bits per heavy atom. The average Bonchev–Trinajstić information content (AvgIpc) is 3.30. The molecule has 0 bridgehead atoms. The first-order valence-electron chi connectivity index (χ1n) is 11.9. The molecular weight excluding hydrogens is 520 g/mol. The van der Waals surface area contributed by atoms with Gasteiger partial charge in [0.05, 0.1) is 22.1 Å². The number of thiol groups is 1. The minimum Gasteiger partial charge on any atom is -0.479 e. The third kappa shape index (κ3) is 5.86. The van der Waals surface area contributed by atoms with Gasteiger partial charge in [0.25, 0.3) is 0 Å². The van der Waals surface area contributed by atoms with E-state index >= 15 is 4.39 Å². The van der Waals surface area contributed by atoms with Crippen LogP contribution in [0.1, 0.15) is 38.2 Å². The monoisotopic (exact) mass is 547 g/mol. The Kier molecular flexibility index (Phi) is 7.94. The van der Waals surface area contributed by atoms with Gasteiger partial charge in [0.15, 0.2) is 11.6 Å². The van der Waals surface area contributed by atoms with Crippen LogP contribution in [0.25, 0.3) is 0 Å². The Bertz CT molecular complexity index is 1360. The molecule has 0 heterocycles. The van der Waals surface area contributed by atoms with Crippen molar-refractivity contribution in [3.8, 4) is 5.75 Å². The molecule has 0 aromatic heterocycles. The van der Waals surface area contributed by atoms with Crippen LogP contribution in [0, 0.1) is 5.82 Å². The molecule has 0 radical (unpaired) electrons. The fourth-order valence-electron chi connectivity index (χ4n) is 4.46. The molecule has 0 saturated heterocycles. The molecule has 190 valence electrons. The highest BCUT2D eigenvalue weighted by atomic mass is 35.5. The van der Waals surface area contributed by atoms with Crippen LogP contribution in [0.15, 0.2) is 80.5 Å². The highest BCUT2D eigenvalue weighted by Gasteiger charge is 2.42. The van der Waals surface area contributed by atoms with Gasteiger partial charge in [-0.15, -0.1) is 0 Å². The molecule has 2 aliphatic carbocycles. The maximum absolute atomic E-state index is 15.0. The highest BCUT2D eigenvalue weighted by molar-refractivity contribution is 8.02. The van der Waals surface area contributed by atoms with Gasteiger partial charge in [0.1, 0.15) is 5.60 Å². The lowest BCUT2D eigenvalue weighted by atomic mass is 9.90. The largest absolute Gasteiger partial charge is 0.479 e. The van der Waals surface area contributed by atoms with Gasteiger partial charge in [-0.3, -0.25) is 9.00 Å². The van der Waals surface area contributed by atoms with Crippen molar-refractivity contribution < 1.29 is 18.1 Å². The van der Waals surface area contributed by atoms with E-state index in [1.54, 1.807) is 42.7 Å². The molecule has 8 heteroatoms. The molecule has 2 aromatic rings. The summed E-state index contributed by atoms with van der Waals surface area (Å²) in [4.78, 5) is 13.3. The number of anilines is 1. The van der Waals surface area contributed by atoms with Crippen molar-refractivity contribution in [1.82, 2.24) is 0 Å². The molecule has 2 aliphatic rings. The summed E-state index contributed by atoms with van der Waals surface area (Å²) in [5.74, 6) is -0.209. The molecule has 0 unspecified atom stereocenters. The van der Waals surface area contributed by atoms with Gasteiger partial charge in [-0.2, -0.15) is 0 Å². The van der Waals surface area contributed by atoms with Crippen LogP contribution in [0.5, 0.6) is 5.75 Å². The summed E-state index contributed by atoms with van der Waals surface area (Å²) in [5.41, 5.74) is 6.74. The van der Waals surface area contributed by atoms with Gasteiger partial charge < -0.3 is 10.1 Å². The molecule has 2 aromatic carbocycles. The third-order valence-corrected chi connectivity index (χ3v) is 9.74. The van der Waals surface area contributed by atoms with Crippen molar-refractivity contribution in [2.75, 3.05) is 17.3 Å². The first kappa shape index (κ1) is 26.5. The number of ether oxygens (including phenoxy) is 1. The van der Waals surface area contributed by atoms with Crippen molar-refractivity contribution in [2.45, 2.75) is 49.5 Å². The van der Waals surface area contributed by atoms with Crippen molar-refractivity contribution in [3.05, 3.63) is 87.0 Å². The predicted octanol–water partition coefficient (Wildman–Crippen LogP) is 6.66. The number of hydrogen-bond donors (Lipinski definition) is 2. The molecule has 4 rings (SSSR count). The number of benzene rings is 2. The third-order valence-electron chi connectivity index (χ3n) is 6.64. The van der Waals surface area contributed by atoms with E-state index in [1.807, 2.05) is 6.92 Å². The van der Waals surface area contributed by atoms with Crippen LogP contribution in [0.3, 0.4) is 0 Å². The number of carbonyl (C=O) groups is 1. The SMILES string of the molecule is CC[SH](C)(=O)c1ccc(CC(=O)Nc2ccc(OC3(C4=C=C=C(Cl)C=C4Cl)CCCC3)c(F)c2)cc1. The number of nitrogens with one attached hydrogen (secondary N) is 1. The lowest BCUT2D eigenvalue weighted by Crippen LogP contribution is -2.35. The lowest BCUT2D eigenvalue weighted by Gasteiger charge is -2.32. The summed E-state index contributed by atoms with van der Waals surface area (Å²) >= 11 is 12.4. The number of rotatable bonds is 8. The first-order chi connectivity index (χ1) is 17.1. The van der Waals surface area contributed by atoms with Crippen LogP contribution in [0.2, 0.25) is 0 Å². The number of allylic oxidation sites excluding steroid dienone is 2. The first-order valence-corrected chi connectivity index (χ1v) is 15.0. The fourth-order valence-corrected chi connectivity index (χ4v) is 6.14. The van der Waals surface area contributed by atoms with E-state index in [2.05, 4.69) is 16.8 Å². The molecule has 4 nitrogen and oxygen atoms in total. The van der Waals surface area contributed by atoms with Crippen molar-refractivity contribution >= 4 is 44.7 Å². The molecule has 0 spiro atoms. The van der Waals surface area contributed by atoms with Gasteiger partial charge in [-0.05, 0) is 73.6 Å². The van der Waals surface area contributed by atoms with Crippen LogP contribution < -0.4 is 10.1 Å². The van der Waals surface area contributed by atoms with Crippen LogP contribution in [-0.4, -0.2) is 27.7 Å². The van der Waals surface area contributed by atoms with Gasteiger partial charge in [0, 0.05) is 22.4 Å². The zero-order chi connectivity index (χ0) is 25.9. The number of halogens is 3.